The topological polar surface area (TPSA) is 95.6 Å². The number of halogens is 1. The highest BCUT2D eigenvalue weighted by Gasteiger charge is 2.22. The summed E-state index contributed by atoms with van der Waals surface area (Å²) in [5.41, 5.74) is 1.30. The van der Waals surface area contributed by atoms with Crippen LogP contribution in [-0.2, 0) is 14.6 Å². The summed E-state index contributed by atoms with van der Waals surface area (Å²) in [6.07, 6.45) is 1.53. The van der Waals surface area contributed by atoms with Crippen LogP contribution < -0.4 is 15.5 Å². The number of nitrogens with zero attached hydrogens (tertiary/aromatic N) is 1. The van der Waals surface area contributed by atoms with Gasteiger partial charge >= 0.3 is 0 Å². The first kappa shape index (κ1) is 23.1. The van der Waals surface area contributed by atoms with Gasteiger partial charge in [-0.3, -0.25) is 9.59 Å². The molecule has 166 valence electrons. The largest absolute Gasteiger partial charge is 0.371 e. The van der Waals surface area contributed by atoms with Gasteiger partial charge in [-0.15, -0.1) is 0 Å². The molecule has 2 amide bonds. The van der Waals surface area contributed by atoms with Crippen LogP contribution in [0, 0.1) is 0 Å². The summed E-state index contributed by atoms with van der Waals surface area (Å²) in [4.78, 5) is 26.9. The third kappa shape index (κ3) is 5.98. The first-order valence-corrected chi connectivity index (χ1v) is 12.2. The Morgan fingerprint density at radius 3 is 2.32 bits per heavy atom. The van der Waals surface area contributed by atoms with Crippen LogP contribution in [-0.4, -0.2) is 51.7 Å². The number of carbonyl (C=O) groups is 2. The van der Waals surface area contributed by atoms with Gasteiger partial charge in [-0.25, -0.2) is 8.42 Å². The maximum atomic E-state index is 12.2. The SMILES string of the molecule is CCS(=O)(=O)c1ccc(N2CCC(NC(=O)CNC(=O)c3ccccc3Cl)CC2)cc1. The second-order valence-electron chi connectivity index (χ2n) is 7.39. The van der Waals surface area contributed by atoms with E-state index in [9.17, 15) is 18.0 Å². The predicted octanol–water partition coefficient (Wildman–Crippen LogP) is 2.65. The van der Waals surface area contributed by atoms with Crippen molar-refractivity contribution < 1.29 is 18.0 Å². The molecule has 0 unspecified atom stereocenters. The Morgan fingerprint density at radius 2 is 1.71 bits per heavy atom. The molecule has 0 radical (unpaired) electrons. The molecule has 2 aromatic rings. The molecule has 7 nitrogen and oxygen atoms in total. The molecule has 0 spiro atoms. The first-order valence-electron chi connectivity index (χ1n) is 10.2. The smallest absolute Gasteiger partial charge is 0.253 e. The van der Waals surface area contributed by atoms with Crippen molar-refractivity contribution in [2.45, 2.75) is 30.7 Å². The molecule has 9 heteroatoms. The Bertz CT molecular complexity index is 1030. The molecule has 0 atom stereocenters. The summed E-state index contributed by atoms with van der Waals surface area (Å²) in [6.45, 7) is 3.01. The number of nitrogens with one attached hydrogen (secondary N) is 2. The quantitative estimate of drug-likeness (QED) is 0.658. The summed E-state index contributed by atoms with van der Waals surface area (Å²) in [5, 5.41) is 5.89. The zero-order valence-corrected chi connectivity index (χ0v) is 18.9. The van der Waals surface area contributed by atoms with Gasteiger partial charge in [0.2, 0.25) is 5.91 Å². The normalized spacial score (nSPS) is 14.8. The molecule has 1 heterocycles. The zero-order chi connectivity index (χ0) is 22.4. The van der Waals surface area contributed by atoms with Crippen LogP contribution >= 0.6 is 11.6 Å². The number of hydrogen-bond donors (Lipinski definition) is 2. The predicted molar refractivity (Wildman–Crippen MR) is 121 cm³/mol. The molecule has 2 aromatic carbocycles. The number of carbonyl (C=O) groups excluding carboxylic acids is 2. The van der Waals surface area contributed by atoms with E-state index in [4.69, 9.17) is 11.6 Å². The van der Waals surface area contributed by atoms with E-state index in [1.165, 1.54) is 0 Å². The molecule has 0 saturated carbocycles. The van der Waals surface area contributed by atoms with Gasteiger partial charge in [-0.1, -0.05) is 30.7 Å². The maximum Gasteiger partial charge on any atom is 0.253 e. The van der Waals surface area contributed by atoms with Crippen molar-refractivity contribution in [2.24, 2.45) is 0 Å². The lowest BCUT2D eigenvalue weighted by Crippen LogP contribution is -2.47. The molecular weight excluding hydrogens is 438 g/mol. The molecule has 0 aliphatic carbocycles. The minimum absolute atomic E-state index is 0.0284. The van der Waals surface area contributed by atoms with E-state index in [0.29, 0.717) is 15.5 Å². The van der Waals surface area contributed by atoms with Crippen molar-refractivity contribution in [1.82, 2.24) is 10.6 Å². The van der Waals surface area contributed by atoms with Gasteiger partial charge in [0.1, 0.15) is 0 Å². The van der Waals surface area contributed by atoms with Gasteiger partial charge in [-0.05, 0) is 49.2 Å². The first-order chi connectivity index (χ1) is 14.8. The summed E-state index contributed by atoms with van der Waals surface area (Å²) < 4.78 is 23.9. The van der Waals surface area contributed by atoms with E-state index in [0.717, 1.165) is 31.6 Å². The van der Waals surface area contributed by atoms with Gasteiger partial charge in [0, 0.05) is 24.8 Å². The molecule has 0 bridgehead atoms. The fraction of sp³-hybridized carbons (Fsp3) is 0.364. The van der Waals surface area contributed by atoms with Crippen LogP contribution in [0.2, 0.25) is 5.02 Å². The lowest BCUT2D eigenvalue weighted by atomic mass is 10.0. The fourth-order valence-corrected chi connectivity index (χ4v) is 4.60. The molecule has 2 N–H and O–H groups in total. The van der Waals surface area contributed by atoms with Crippen molar-refractivity contribution in [1.29, 1.82) is 0 Å². The summed E-state index contributed by atoms with van der Waals surface area (Å²) in [5.74, 6) is -0.548. The lowest BCUT2D eigenvalue weighted by molar-refractivity contribution is -0.120. The fourth-order valence-electron chi connectivity index (χ4n) is 3.49. The van der Waals surface area contributed by atoms with Gasteiger partial charge in [-0.2, -0.15) is 0 Å². The van der Waals surface area contributed by atoms with Crippen LogP contribution in [0.25, 0.3) is 0 Å². The van der Waals surface area contributed by atoms with Crippen LogP contribution in [0.4, 0.5) is 5.69 Å². The Hall–Kier alpha value is -2.58. The van der Waals surface area contributed by atoms with Gasteiger partial charge in [0.25, 0.3) is 5.91 Å². The van der Waals surface area contributed by atoms with Crippen LogP contribution in [0.5, 0.6) is 0 Å². The number of piperidine rings is 1. The third-order valence-corrected chi connectivity index (χ3v) is 7.41. The molecule has 1 aliphatic rings. The molecule has 0 aromatic heterocycles. The molecule has 1 saturated heterocycles. The minimum Gasteiger partial charge on any atom is -0.371 e. The molecule has 3 rings (SSSR count). The number of anilines is 1. The summed E-state index contributed by atoms with van der Waals surface area (Å²) in [7, 11) is -3.20. The minimum atomic E-state index is -3.20. The van der Waals surface area contributed by atoms with E-state index >= 15 is 0 Å². The number of benzene rings is 2. The van der Waals surface area contributed by atoms with Crippen molar-refractivity contribution in [3.63, 3.8) is 0 Å². The highest BCUT2D eigenvalue weighted by atomic mass is 35.5. The maximum absolute atomic E-state index is 12.2. The van der Waals surface area contributed by atoms with E-state index in [-0.39, 0.29) is 30.2 Å². The standard InChI is InChI=1S/C22H26ClN3O4S/c1-2-31(29,30)18-9-7-17(8-10-18)26-13-11-16(12-14-26)25-21(27)15-24-22(28)19-5-3-4-6-20(19)23/h3-10,16H,2,11-15H2,1H3,(H,24,28)(H,25,27). The zero-order valence-electron chi connectivity index (χ0n) is 17.3. The van der Waals surface area contributed by atoms with Gasteiger partial charge < -0.3 is 15.5 Å². The monoisotopic (exact) mass is 463 g/mol. The lowest BCUT2D eigenvalue weighted by Gasteiger charge is -2.34. The summed E-state index contributed by atoms with van der Waals surface area (Å²) in [6, 6.07) is 13.6. The number of rotatable bonds is 7. The second kappa shape index (κ2) is 10.2. The Morgan fingerprint density at radius 1 is 1.06 bits per heavy atom. The van der Waals surface area contributed by atoms with Gasteiger partial charge in [0.05, 0.1) is 27.8 Å². The van der Waals surface area contributed by atoms with E-state index in [1.54, 1.807) is 43.3 Å². The highest BCUT2D eigenvalue weighted by Crippen LogP contribution is 2.22. The van der Waals surface area contributed by atoms with Crippen LogP contribution in [0.15, 0.2) is 53.4 Å². The Kier molecular flexibility index (Phi) is 7.56. The van der Waals surface area contributed by atoms with Crippen molar-refractivity contribution >= 4 is 38.9 Å². The van der Waals surface area contributed by atoms with Crippen molar-refractivity contribution in [2.75, 3.05) is 30.3 Å². The van der Waals surface area contributed by atoms with E-state index in [1.807, 2.05) is 12.1 Å². The number of hydrogen-bond acceptors (Lipinski definition) is 5. The number of amides is 2. The van der Waals surface area contributed by atoms with Crippen LogP contribution in [0.3, 0.4) is 0 Å². The van der Waals surface area contributed by atoms with Gasteiger partial charge in [0.15, 0.2) is 9.84 Å². The van der Waals surface area contributed by atoms with Crippen LogP contribution in [0.1, 0.15) is 30.1 Å². The third-order valence-electron chi connectivity index (χ3n) is 5.33. The number of sulfone groups is 1. The highest BCUT2D eigenvalue weighted by molar-refractivity contribution is 7.91. The van der Waals surface area contributed by atoms with Crippen molar-refractivity contribution in [3.8, 4) is 0 Å². The average molecular weight is 464 g/mol. The molecular formula is C22H26ClN3O4S. The second-order valence-corrected chi connectivity index (χ2v) is 10.1. The van der Waals surface area contributed by atoms with E-state index < -0.39 is 9.84 Å². The molecule has 1 fully saturated rings. The Balaban J connectivity index is 1.45. The molecule has 1 aliphatic heterocycles. The van der Waals surface area contributed by atoms with E-state index in [2.05, 4.69) is 15.5 Å². The summed E-state index contributed by atoms with van der Waals surface area (Å²) >= 11 is 6.00. The van der Waals surface area contributed by atoms with Crippen molar-refractivity contribution in [3.05, 3.63) is 59.1 Å². The Labute approximate surface area is 187 Å². The average Bonchev–Trinajstić information content (AvgIpc) is 2.78. The molecule has 31 heavy (non-hydrogen) atoms.